The van der Waals surface area contributed by atoms with E-state index in [9.17, 15) is 14.4 Å². The predicted molar refractivity (Wildman–Crippen MR) is 289 cm³/mol. The molecule has 0 aromatic heterocycles. The van der Waals surface area contributed by atoms with Gasteiger partial charge in [-0.15, -0.1) is 0 Å². The van der Waals surface area contributed by atoms with E-state index in [2.05, 4.69) is 34.6 Å². The molecule has 0 fully saturated rings. The molecule has 6 heteroatoms. The number of carbonyl (C=O) groups excluding carboxylic acids is 3. The van der Waals surface area contributed by atoms with Crippen molar-refractivity contribution in [3.8, 4) is 0 Å². The Hall–Kier alpha value is -1.59. The van der Waals surface area contributed by atoms with Crippen LogP contribution in [0.4, 0.5) is 0 Å². The minimum atomic E-state index is -0.763. The highest BCUT2D eigenvalue weighted by Gasteiger charge is 2.19. The van der Waals surface area contributed by atoms with Gasteiger partial charge in [-0.05, 0) is 31.1 Å². The summed E-state index contributed by atoms with van der Waals surface area (Å²) in [5.74, 6) is 0.854. The van der Waals surface area contributed by atoms with Crippen molar-refractivity contribution in [2.75, 3.05) is 13.2 Å². The maximum absolute atomic E-state index is 12.9. The Kier molecular flexibility index (Phi) is 52.5. The number of hydrogen-bond acceptors (Lipinski definition) is 6. The third-order valence-electron chi connectivity index (χ3n) is 14.0. The van der Waals surface area contributed by atoms with Gasteiger partial charge < -0.3 is 14.2 Å². The molecule has 0 saturated heterocycles. The average Bonchev–Trinajstić information content (AvgIpc) is 3.30. The van der Waals surface area contributed by atoms with E-state index < -0.39 is 6.10 Å². The lowest BCUT2D eigenvalue weighted by molar-refractivity contribution is -0.167. The monoisotopic (exact) mass is 947 g/mol. The first-order valence-corrected chi connectivity index (χ1v) is 30.2. The van der Waals surface area contributed by atoms with E-state index in [4.69, 9.17) is 14.2 Å². The number of unbranched alkanes of at least 4 members (excludes halogenated alkanes) is 40. The summed E-state index contributed by atoms with van der Waals surface area (Å²) in [6.45, 7) is 11.4. The number of carbonyl (C=O) groups is 3. The zero-order valence-corrected chi connectivity index (χ0v) is 46.0. The van der Waals surface area contributed by atoms with Crippen LogP contribution in [-0.4, -0.2) is 37.2 Å². The first-order chi connectivity index (χ1) is 32.7. The van der Waals surface area contributed by atoms with E-state index in [0.29, 0.717) is 19.3 Å². The molecule has 1 atom stereocenters. The molecule has 0 aliphatic rings. The zero-order valence-electron chi connectivity index (χ0n) is 46.0. The Morgan fingerprint density at radius 3 is 0.731 bits per heavy atom. The van der Waals surface area contributed by atoms with Crippen LogP contribution in [0.25, 0.3) is 0 Å². The van der Waals surface area contributed by atoms with Gasteiger partial charge in [-0.3, -0.25) is 14.4 Å². The summed E-state index contributed by atoms with van der Waals surface area (Å²) in [7, 11) is 0. The summed E-state index contributed by atoms with van der Waals surface area (Å²) in [5, 5.41) is 0. The third-order valence-corrected chi connectivity index (χ3v) is 14.0. The van der Waals surface area contributed by atoms with Gasteiger partial charge in [0.25, 0.3) is 0 Å². The molecule has 0 N–H and O–H groups in total. The van der Waals surface area contributed by atoms with Crippen molar-refractivity contribution < 1.29 is 28.6 Å². The van der Waals surface area contributed by atoms with Gasteiger partial charge in [0.05, 0.1) is 0 Å². The van der Waals surface area contributed by atoms with Crippen molar-refractivity contribution in [1.29, 1.82) is 0 Å². The minimum absolute atomic E-state index is 0.0622. The predicted octanol–water partition coefficient (Wildman–Crippen LogP) is 20.0. The highest BCUT2D eigenvalue weighted by atomic mass is 16.6. The summed E-state index contributed by atoms with van der Waals surface area (Å²) in [4.78, 5) is 38.2. The third kappa shape index (κ3) is 55.2. The van der Waals surface area contributed by atoms with E-state index in [0.717, 1.165) is 69.6 Å². The van der Waals surface area contributed by atoms with Gasteiger partial charge in [-0.25, -0.2) is 0 Å². The zero-order chi connectivity index (χ0) is 48.9. The largest absolute Gasteiger partial charge is 0.462 e. The lowest BCUT2D eigenvalue weighted by atomic mass is 10.0. The first-order valence-electron chi connectivity index (χ1n) is 30.2. The number of hydrogen-bond donors (Lipinski definition) is 0. The normalized spacial score (nSPS) is 12.0. The fourth-order valence-corrected chi connectivity index (χ4v) is 9.40. The lowest BCUT2D eigenvalue weighted by Crippen LogP contribution is -2.30. The van der Waals surface area contributed by atoms with Gasteiger partial charge in [0, 0.05) is 19.3 Å². The topological polar surface area (TPSA) is 78.9 Å². The Balaban J connectivity index is 4.29. The van der Waals surface area contributed by atoms with Crippen LogP contribution >= 0.6 is 0 Å². The van der Waals surface area contributed by atoms with Crippen molar-refractivity contribution in [2.24, 2.45) is 11.8 Å². The van der Waals surface area contributed by atoms with Gasteiger partial charge in [0.1, 0.15) is 13.2 Å². The van der Waals surface area contributed by atoms with Crippen LogP contribution < -0.4 is 0 Å². The molecule has 0 heterocycles. The summed E-state index contributed by atoms with van der Waals surface area (Å²) in [6.07, 6.45) is 58.1. The second-order valence-electron chi connectivity index (χ2n) is 21.9. The van der Waals surface area contributed by atoms with Gasteiger partial charge in [-0.1, -0.05) is 304 Å². The molecule has 0 aromatic rings. The average molecular weight is 948 g/mol. The highest BCUT2D eigenvalue weighted by Crippen LogP contribution is 2.18. The van der Waals surface area contributed by atoms with Crippen molar-refractivity contribution in [1.82, 2.24) is 0 Å². The van der Waals surface area contributed by atoms with Gasteiger partial charge in [0.15, 0.2) is 6.10 Å². The Bertz CT molecular complexity index is 1020. The van der Waals surface area contributed by atoms with Crippen molar-refractivity contribution in [3.63, 3.8) is 0 Å². The molecule has 0 saturated carbocycles. The molecule has 67 heavy (non-hydrogen) atoms. The Morgan fingerprint density at radius 2 is 0.493 bits per heavy atom. The van der Waals surface area contributed by atoms with Crippen molar-refractivity contribution >= 4 is 17.9 Å². The summed E-state index contributed by atoms with van der Waals surface area (Å²) >= 11 is 0. The molecule has 0 aromatic carbocycles. The van der Waals surface area contributed by atoms with Crippen LogP contribution in [0.5, 0.6) is 0 Å². The van der Waals surface area contributed by atoms with Crippen molar-refractivity contribution in [2.45, 2.75) is 349 Å². The van der Waals surface area contributed by atoms with E-state index in [1.54, 1.807) is 0 Å². The molecule has 0 rings (SSSR count). The smallest absolute Gasteiger partial charge is 0.306 e. The number of rotatable bonds is 55. The van der Waals surface area contributed by atoms with Crippen molar-refractivity contribution in [3.05, 3.63) is 0 Å². The number of esters is 3. The Morgan fingerprint density at radius 1 is 0.284 bits per heavy atom. The molecule has 0 aliphatic carbocycles. The van der Waals surface area contributed by atoms with Crippen LogP contribution in [-0.2, 0) is 28.6 Å². The molecule has 0 amide bonds. The molecule has 0 radical (unpaired) electrons. The molecule has 0 aliphatic heterocycles. The van der Waals surface area contributed by atoms with E-state index >= 15 is 0 Å². The molecule has 398 valence electrons. The summed E-state index contributed by atoms with van der Waals surface area (Å²) in [6, 6.07) is 0. The summed E-state index contributed by atoms with van der Waals surface area (Å²) < 4.78 is 16.9. The van der Waals surface area contributed by atoms with E-state index in [1.807, 2.05) is 0 Å². The van der Waals surface area contributed by atoms with E-state index in [-0.39, 0.29) is 31.1 Å². The second kappa shape index (κ2) is 53.8. The molecule has 0 bridgehead atoms. The van der Waals surface area contributed by atoms with E-state index in [1.165, 1.54) is 231 Å². The molecular weight excluding hydrogens is 829 g/mol. The van der Waals surface area contributed by atoms with Gasteiger partial charge in [-0.2, -0.15) is 0 Å². The lowest BCUT2D eigenvalue weighted by Gasteiger charge is -2.18. The minimum Gasteiger partial charge on any atom is -0.462 e. The standard InChI is InChI=1S/C61H118O6/c1-6-7-8-9-10-11-12-13-15-22-28-33-38-43-48-53-61(64)67-58(55-66-60(63)52-47-42-37-32-27-23-18-20-25-30-35-40-45-50-57(4)5)54-65-59(62)51-46-41-36-31-26-21-17-14-16-19-24-29-34-39-44-49-56(2)3/h56-58H,6-55H2,1-5H3/t58-/m0/s1. The maximum atomic E-state index is 12.9. The molecular formula is C61H118O6. The fraction of sp³-hybridized carbons (Fsp3) is 0.951. The van der Waals surface area contributed by atoms with Crippen LogP contribution in [0, 0.1) is 11.8 Å². The van der Waals surface area contributed by atoms with Gasteiger partial charge >= 0.3 is 17.9 Å². The second-order valence-corrected chi connectivity index (χ2v) is 21.9. The molecule has 0 spiro atoms. The van der Waals surface area contributed by atoms with Crippen LogP contribution in [0.2, 0.25) is 0 Å². The van der Waals surface area contributed by atoms with Crippen LogP contribution in [0.15, 0.2) is 0 Å². The fourth-order valence-electron chi connectivity index (χ4n) is 9.40. The maximum Gasteiger partial charge on any atom is 0.306 e. The number of ether oxygens (including phenoxy) is 3. The highest BCUT2D eigenvalue weighted by molar-refractivity contribution is 5.71. The molecule has 6 nitrogen and oxygen atoms in total. The molecule has 0 unspecified atom stereocenters. The summed E-state index contributed by atoms with van der Waals surface area (Å²) in [5.41, 5.74) is 0. The van der Waals surface area contributed by atoms with Gasteiger partial charge in [0.2, 0.25) is 0 Å². The van der Waals surface area contributed by atoms with Crippen LogP contribution in [0.1, 0.15) is 343 Å². The van der Waals surface area contributed by atoms with Crippen LogP contribution in [0.3, 0.4) is 0 Å². The quantitative estimate of drug-likeness (QED) is 0.0343. The SMILES string of the molecule is CCCCCCCCCCCCCCCCCC(=O)O[C@@H](COC(=O)CCCCCCCCCCCCCCCCCC(C)C)COC(=O)CCCCCCCCCCCCCCCC(C)C. The first kappa shape index (κ1) is 65.4. The Labute approximate surface area is 418 Å².